The molecule has 3 aromatic carbocycles. The van der Waals surface area contributed by atoms with Crippen LogP contribution >= 0.6 is 15.9 Å². The van der Waals surface area contributed by atoms with Gasteiger partial charge in [0.05, 0.1) is 6.21 Å². The van der Waals surface area contributed by atoms with Crippen LogP contribution < -0.4 is 15.1 Å². The average Bonchev–Trinajstić information content (AvgIpc) is 2.75. The molecule has 0 saturated carbocycles. The Hall–Kier alpha value is -2.86. The van der Waals surface area contributed by atoms with Crippen LogP contribution in [0.15, 0.2) is 70.2 Å². The fourth-order valence-electron chi connectivity index (χ4n) is 3.07. The van der Waals surface area contributed by atoms with Crippen molar-refractivity contribution in [3.63, 3.8) is 0 Å². The van der Waals surface area contributed by atoms with Crippen LogP contribution in [-0.2, 0) is 4.79 Å². The topological polar surface area (TPSA) is 53.9 Å². The van der Waals surface area contributed by atoms with E-state index < -0.39 is 0 Å². The van der Waals surface area contributed by atoms with Gasteiger partial charge in [-0.3, -0.25) is 4.79 Å². The molecule has 0 aliphatic rings. The lowest BCUT2D eigenvalue weighted by Crippen LogP contribution is -2.24. The highest BCUT2D eigenvalue weighted by molar-refractivity contribution is 9.10. The van der Waals surface area contributed by atoms with Gasteiger partial charge >= 0.3 is 0 Å². The lowest BCUT2D eigenvalue weighted by atomic mass is 10.1. The number of nitrogens with zero attached hydrogens (tertiary/aromatic N) is 2. The van der Waals surface area contributed by atoms with Crippen molar-refractivity contribution in [2.45, 2.75) is 13.8 Å². The third-order valence-corrected chi connectivity index (χ3v) is 5.31. The normalized spacial score (nSPS) is 11.0. The van der Waals surface area contributed by atoms with Gasteiger partial charge in [-0.05, 0) is 49.1 Å². The number of ether oxygens (including phenoxy) is 1. The summed E-state index contributed by atoms with van der Waals surface area (Å²) in [7, 11) is 0. The molecule has 0 aliphatic heterocycles. The summed E-state index contributed by atoms with van der Waals surface area (Å²) in [5.41, 5.74) is 4.60. The molecule has 5 nitrogen and oxygen atoms in total. The van der Waals surface area contributed by atoms with E-state index in [4.69, 9.17) is 4.74 Å². The molecule has 0 aromatic heterocycles. The number of rotatable bonds is 8. The van der Waals surface area contributed by atoms with Gasteiger partial charge in [-0.25, -0.2) is 5.43 Å². The van der Waals surface area contributed by atoms with Crippen molar-refractivity contribution in [3.05, 3.63) is 70.7 Å². The fraction of sp³-hybridized carbons (Fsp3) is 0.217. The molecule has 0 radical (unpaired) electrons. The monoisotopic (exact) mass is 453 g/mol. The molecule has 0 fully saturated rings. The van der Waals surface area contributed by atoms with Crippen LogP contribution in [0.25, 0.3) is 10.8 Å². The number of benzene rings is 3. The van der Waals surface area contributed by atoms with Crippen LogP contribution in [-0.4, -0.2) is 31.8 Å². The van der Waals surface area contributed by atoms with Gasteiger partial charge in [-0.15, -0.1) is 0 Å². The van der Waals surface area contributed by atoms with Crippen molar-refractivity contribution in [1.29, 1.82) is 0 Å². The van der Waals surface area contributed by atoms with E-state index in [0.717, 1.165) is 33.9 Å². The SMILES string of the molecule is CCN(CC)c1ccc(C=NNC(=O)COc2ccc(Br)c3ccccc23)cc1. The van der Waals surface area contributed by atoms with E-state index in [1.807, 2.05) is 48.5 Å². The van der Waals surface area contributed by atoms with Crippen LogP contribution in [0.3, 0.4) is 0 Å². The van der Waals surface area contributed by atoms with E-state index in [0.29, 0.717) is 5.75 Å². The number of hydrogen-bond acceptors (Lipinski definition) is 4. The van der Waals surface area contributed by atoms with E-state index in [9.17, 15) is 4.79 Å². The first-order valence-corrected chi connectivity index (χ1v) is 10.4. The molecule has 3 aromatic rings. The Labute approximate surface area is 179 Å². The Balaban J connectivity index is 1.55. The van der Waals surface area contributed by atoms with E-state index in [1.165, 1.54) is 5.69 Å². The maximum Gasteiger partial charge on any atom is 0.277 e. The number of fused-ring (bicyclic) bond motifs is 1. The Morgan fingerprint density at radius 3 is 2.41 bits per heavy atom. The van der Waals surface area contributed by atoms with Gasteiger partial charge in [-0.2, -0.15) is 5.10 Å². The second kappa shape index (κ2) is 10.1. The fourth-order valence-corrected chi connectivity index (χ4v) is 3.55. The number of nitrogens with one attached hydrogen (secondary N) is 1. The van der Waals surface area contributed by atoms with Crippen LogP contribution in [0.1, 0.15) is 19.4 Å². The van der Waals surface area contributed by atoms with E-state index >= 15 is 0 Å². The first-order valence-electron chi connectivity index (χ1n) is 9.59. The van der Waals surface area contributed by atoms with Crippen LogP contribution in [0.4, 0.5) is 5.69 Å². The van der Waals surface area contributed by atoms with E-state index in [2.05, 4.69) is 57.3 Å². The number of carbonyl (C=O) groups excluding carboxylic acids is 1. The number of anilines is 1. The van der Waals surface area contributed by atoms with Gasteiger partial charge in [0.1, 0.15) is 5.75 Å². The van der Waals surface area contributed by atoms with Gasteiger partial charge in [0, 0.05) is 28.6 Å². The van der Waals surface area contributed by atoms with Crippen molar-refractivity contribution in [2.24, 2.45) is 5.10 Å². The second-order valence-electron chi connectivity index (χ2n) is 6.44. The standard InChI is InChI=1S/C23H24BrN3O2/c1-3-27(4-2)18-11-9-17(10-12-18)15-25-26-23(28)16-29-22-14-13-21(24)19-7-5-6-8-20(19)22/h5-15H,3-4,16H2,1-2H3,(H,26,28). The first kappa shape index (κ1) is 20.9. The largest absolute Gasteiger partial charge is 0.483 e. The maximum absolute atomic E-state index is 12.1. The number of amides is 1. The van der Waals surface area contributed by atoms with Gasteiger partial charge in [0.15, 0.2) is 6.61 Å². The third-order valence-electron chi connectivity index (χ3n) is 4.61. The molecule has 1 amide bonds. The van der Waals surface area contributed by atoms with Gasteiger partial charge in [-0.1, -0.05) is 52.3 Å². The minimum absolute atomic E-state index is 0.107. The number of hydrazone groups is 1. The summed E-state index contributed by atoms with van der Waals surface area (Å²) in [6.45, 7) is 6.09. The van der Waals surface area contributed by atoms with Crippen molar-refractivity contribution in [1.82, 2.24) is 5.43 Å². The van der Waals surface area contributed by atoms with Crippen LogP contribution in [0, 0.1) is 0 Å². The van der Waals surface area contributed by atoms with E-state index in [1.54, 1.807) is 6.21 Å². The van der Waals surface area contributed by atoms with E-state index in [-0.39, 0.29) is 12.5 Å². The highest BCUT2D eigenvalue weighted by atomic mass is 79.9. The van der Waals surface area contributed by atoms with Crippen molar-refractivity contribution >= 4 is 44.5 Å². The highest BCUT2D eigenvalue weighted by Crippen LogP contribution is 2.31. The van der Waals surface area contributed by atoms with Gasteiger partial charge in [0.25, 0.3) is 5.91 Å². The molecular formula is C23H24BrN3O2. The smallest absolute Gasteiger partial charge is 0.277 e. The van der Waals surface area contributed by atoms with Gasteiger partial charge < -0.3 is 9.64 Å². The maximum atomic E-state index is 12.1. The highest BCUT2D eigenvalue weighted by Gasteiger charge is 2.07. The van der Waals surface area contributed by atoms with Crippen molar-refractivity contribution in [3.8, 4) is 5.75 Å². The molecule has 0 heterocycles. The quantitative estimate of drug-likeness (QED) is 0.386. The molecule has 0 unspecified atom stereocenters. The third kappa shape index (κ3) is 5.35. The number of hydrogen-bond donors (Lipinski definition) is 1. The molecular weight excluding hydrogens is 430 g/mol. The predicted octanol–water partition coefficient (Wildman–Crippen LogP) is 4.98. The summed E-state index contributed by atoms with van der Waals surface area (Å²) in [5.74, 6) is 0.350. The Morgan fingerprint density at radius 1 is 1.03 bits per heavy atom. The molecule has 29 heavy (non-hydrogen) atoms. The Morgan fingerprint density at radius 2 is 1.72 bits per heavy atom. The molecule has 0 atom stereocenters. The number of carbonyl (C=O) groups is 1. The molecule has 0 bridgehead atoms. The summed E-state index contributed by atoms with van der Waals surface area (Å²) < 4.78 is 6.68. The molecule has 0 saturated heterocycles. The summed E-state index contributed by atoms with van der Waals surface area (Å²) in [5, 5.41) is 6.01. The molecule has 150 valence electrons. The van der Waals surface area contributed by atoms with Gasteiger partial charge in [0.2, 0.25) is 0 Å². The van der Waals surface area contributed by atoms with Crippen molar-refractivity contribution in [2.75, 3.05) is 24.6 Å². The molecule has 0 spiro atoms. The summed E-state index contributed by atoms with van der Waals surface area (Å²) in [4.78, 5) is 14.3. The lowest BCUT2D eigenvalue weighted by Gasteiger charge is -2.20. The molecule has 6 heteroatoms. The minimum atomic E-state index is -0.312. The summed E-state index contributed by atoms with van der Waals surface area (Å²) >= 11 is 3.53. The molecule has 3 rings (SSSR count). The minimum Gasteiger partial charge on any atom is -0.483 e. The zero-order valence-electron chi connectivity index (χ0n) is 16.6. The molecule has 1 N–H and O–H groups in total. The average molecular weight is 454 g/mol. The first-order chi connectivity index (χ1) is 14.1. The zero-order valence-corrected chi connectivity index (χ0v) is 18.1. The second-order valence-corrected chi connectivity index (χ2v) is 7.29. The lowest BCUT2D eigenvalue weighted by molar-refractivity contribution is -0.123. The summed E-state index contributed by atoms with van der Waals surface area (Å²) in [6, 6.07) is 19.7. The van der Waals surface area contributed by atoms with Crippen LogP contribution in [0.2, 0.25) is 0 Å². The Bertz CT molecular complexity index is 999. The van der Waals surface area contributed by atoms with Crippen LogP contribution in [0.5, 0.6) is 5.75 Å². The molecule has 0 aliphatic carbocycles. The predicted molar refractivity (Wildman–Crippen MR) is 123 cm³/mol. The summed E-state index contributed by atoms with van der Waals surface area (Å²) in [6.07, 6.45) is 1.62. The number of halogens is 1. The van der Waals surface area contributed by atoms with Crippen molar-refractivity contribution < 1.29 is 9.53 Å². The zero-order chi connectivity index (χ0) is 20.6. The Kier molecular flexibility index (Phi) is 7.25.